The molecule has 0 heterocycles. The summed E-state index contributed by atoms with van der Waals surface area (Å²) in [4.78, 5) is 11.6. The van der Waals surface area contributed by atoms with Crippen LogP contribution < -0.4 is 10.6 Å². The number of aryl methyl sites for hydroxylation is 1. The first-order valence-corrected chi connectivity index (χ1v) is 6.13. The van der Waals surface area contributed by atoms with Gasteiger partial charge >= 0.3 is 0 Å². The summed E-state index contributed by atoms with van der Waals surface area (Å²) in [6.45, 7) is 7.55. The fraction of sp³-hybridized carbons (Fsp3) is 0.500. The first kappa shape index (κ1) is 13.7. The molecule has 17 heavy (non-hydrogen) atoms. The Balaban J connectivity index is 2.98. The highest BCUT2D eigenvalue weighted by atomic mass is 16.1. The van der Waals surface area contributed by atoms with E-state index < -0.39 is 0 Å². The quantitative estimate of drug-likeness (QED) is 0.586. The average molecular weight is 234 g/mol. The largest absolute Gasteiger partial charge is 0.384 e. The van der Waals surface area contributed by atoms with Gasteiger partial charge in [-0.1, -0.05) is 6.92 Å². The Morgan fingerprint density at radius 1 is 1.29 bits per heavy atom. The summed E-state index contributed by atoms with van der Waals surface area (Å²) in [6.07, 6.45) is 0.900. The molecule has 0 saturated carbocycles. The third-order valence-electron chi connectivity index (χ3n) is 2.91. The van der Waals surface area contributed by atoms with Crippen molar-refractivity contribution in [3.8, 4) is 0 Å². The maximum absolute atomic E-state index is 11.6. The van der Waals surface area contributed by atoms with Gasteiger partial charge in [0.2, 0.25) is 0 Å². The molecule has 0 atom stereocenters. The summed E-state index contributed by atoms with van der Waals surface area (Å²) < 4.78 is 0. The molecule has 0 spiro atoms. The molecule has 0 saturated heterocycles. The zero-order valence-electron chi connectivity index (χ0n) is 11.2. The second-order valence-corrected chi connectivity index (χ2v) is 4.26. The molecule has 0 bridgehead atoms. The maximum atomic E-state index is 11.6. The van der Waals surface area contributed by atoms with Crippen molar-refractivity contribution in [3.63, 3.8) is 0 Å². The number of hydrogen-bond donors (Lipinski definition) is 2. The Hall–Kier alpha value is -1.35. The van der Waals surface area contributed by atoms with Crippen LogP contribution in [0.15, 0.2) is 12.1 Å². The van der Waals surface area contributed by atoms with E-state index in [1.807, 2.05) is 13.1 Å². The minimum absolute atomic E-state index is 0.141. The van der Waals surface area contributed by atoms with Gasteiger partial charge in [-0.15, -0.1) is 0 Å². The summed E-state index contributed by atoms with van der Waals surface area (Å²) in [5.74, 6) is 0.141. The van der Waals surface area contributed by atoms with Crippen LogP contribution in [-0.2, 0) is 6.42 Å². The first-order valence-electron chi connectivity index (χ1n) is 6.13. The number of benzene rings is 1. The summed E-state index contributed by atoms with van der Waals surface area (Å²) in [7, 11) is 1.92. The van der Waals surface area contributed by atoms with Crippen LogP contribution in [0.3, 0.4) is 0 Å². The molecule has 0 fully saturated rings. The van der Waals surface area contributed by atoms with Gasteiger partial charge in [0.05, 0.1) is 0 Å². The normalized spacial score (nSPS) is 10.4. The molecule has 3 nitrogen and oxygen atoms in total. The van der Waals surface area contributed by atoms with Gasteiger partial charge in [-0.2, -0.15) is 0 Å². The molecule has 2 N–H and O–H groups in total. The maximum Gasteiger partial charge on any atom is 0.160 e. The molecule has 0 unspecified atom stereocenters. The van der Waals surface area contributed by atoms with Crippen molar-refractivity contribution in [2.24, 2.45) is 0 Å². The van der Waals surface area contributed by atoms with Crippen LogP contribution in [0.1, 0.15) is 35.3 Å². The number of ketones is 1. The molecule has 0 amide bonds. The minimum Gasteiger partial charge on any atom is -0.384 e. The van der Waals surface area contributed by atoms with Crippen LogP contribution in [0, 0.1) is 6.92 Å². The zero-order chi connectivity index (χ0) is 12.8. The van der Waals surface area contributed by atoms with Gasteiger partial charge in [0, 0.05) is 24.3 Å². The molecule has 1 rings (SSSR count). The highest BCUT2D eigenvalue weighted by molar-refractivity contribution is 5.97. The van der Waals surface area contributed by atoms with Crippen LogP contribution in [0.25, 0.3) is 0 Å². The summed E-state index contributed by atoms with van der Waals surface area (Å²) >= 11 is 0. The average Bonchev–Trinajstić information content (AvgIpc) is 2.28. The van der Waals surface area contributed by atoms with Gasteiger partial charge in [-0.25, -0.2) is 0 Å². The van der Waals surface area contributed by atoms with Crippen LogP contribution in [0.5, 0.6) is 0 Å². The molecule has 3 heteroatoms. The number of carbonyl (C=O) groups excluding carboxylic acids is 1. The number of hydrogen-bond acceptors (Lipinski definition) is 3. The van der Waals surface area contributed by atoms with Gasteiger partial charge in [0.1, 0.15) is 0 Å². The summed E-state index contributed by atoms with van der Waals surface area (Å²) in [5.41, 5.74) is 4.23. The van der Waals surface area contributed by atoms with Gasteiger partial charge in [-0.3, -0.25) is 4.79 Å². The van der Waals surface area contributed by atoms with Gasteiger partial charge in [0.25, 0.3) is 0 Å². The lowest BCUT2D eigenvalue weighted by molar-refractivity contribution is 0.101. The molecule has 1 aromatic carbocycles. The van der Waals surface area contributed by atoms with Crippen LogP contribution in [0.4, 0.5) is 5.69 Å². The number of rotatable bonds is 6. The highest BCUT2D eigenvalue weighted by Gasteiger charge is 2.10. The van der Waals surface area contributed by atoms with E-state index in [4.69, 9.17) is 0 Å². The molecule has 0 aromatic heterocycles. The second-order valence-electron chi connectivity index (χ2n) is 4.26. The molecular weight excluding hydrogens is 212 g/mol. The van der Waals surface area contributed by atoms with E-state index in [1.165, 1.54) is 5.56 Å². The predicted octanol–water partition coefficient (Wildman–Crippen LogP) is 2.39. The lowest BCUT2D eigenvalue weighted by atomic mass is 9.96. The molecule has 0 aliphatic carbocycles. The Bertz CT molecular complexity index is 399. The van der Waals surface area contributed by atoms with Crippen LogP contribution >= 0.6 is 0 Å². The van der Waals surface area contributed by atoms with Crippen molar-refractivity contribution >= 4 is 11.5 Å². The molecule has 1 aromatic rings. The topological polar surface area (TPSA) is 41.1 Å². The van der Waals surface area contributed by atoms with Gasteiger partial charge < -0.3 is 10.6 Å². The molecule has 94 valence electrons. The van der Waals surface area contributed by atoms with Gasteiger partial charge in [0.15, 0.2) is 5.78 Å². The lowest BCUT2D eigenvalue weighted by Gasteiger charge is -2.13. The minimum atomic E-state index is 0.141. The van der Waals surface area contributed by atoms with Gasteiger partial charge in [-0.05, 0) is 50.6 Å². The first-order chi connectivity index (χ1) is 8.10. The number of likely N-dealkylation sites (N-methyl/N-ethyl adjacent to an activating group) is 1. The summed E-state index contributed by atoms with van der Waals surface area (Å²) in [5, 5.41) is 6.40. The van der Waals surface area contributed by atoms with E-state index in [0.717, 1.165) is 36.3 Å². The number of carbonyl (C=O) groups is 1. The Labute approximate surface area is 104 Å². The third kappa shape index (κ3) is 3.56. The summed E-state index contributed by atoms with van der Waals surface area (Å²) in [6, 6.07) is 4.07. The smallest absolute Gasteiger partial charge is 0.160 e. The monoisotopic (exact) mass is 234 g/mol. The fourth-order valence-electron chi connectivity index (χ4n) is 2.03. The van der Waals surface area contributed by atoms with Crippen molar-refractivity contribution in [2.75, 3.05) is 25.5 Å². The Kier molecular flexibility index (Phi) is 5.16. The Morgan fingerprint density at radius 3 is 2.53 bits per heavy atom. The zero-order valence-corrected chi connectivity index (χ0v) is 11.2. The van der Waals surface area contributed by atoms with Crippen molar-refractivity contribution < 1.29 is 4.79 Å². The number of anilines is 1. The van der Waals surface area contributed by atoms with Crippen LogP contribution in [0.2, 0.25) is 0 Å². The van der Waals surface area contributed by atoms with Crippen molar-refractivity contribution in [2.45, 2.75) is 27.2 Å². The third-order valence-corrected chi connectivity index (χ3v) is 2.91. The van der Waals surface area contributed by atoms with Crippen molar-refractivity contribution in [1.29, 1.82) is 0 Å². The number of Topliss-reactive ketones (excluding diaryl/α,β-unsaturated/α-hetero) is 1. The van der Waals surface area contributed by atoms with E-state index >= 15 is 0 Å². The highest BCUT2D eigenvalue weighted by Crippen LogP contribution is 2.21. The van der Waals surface area contributed by atoms with Crippen LogP contribution in [-0.4, -0.2) is 25.9 Å². The Morgan fingerprint density at radius 2 is 2.00 bits per heavy atom. The molecule has 0 radical (unpaired) electrons. The molecule has 0 aliphatic rings. The standard InChI is InChI=1S/C14H22N2O/c1-5-13-10(2)8-12(16-7-6-15-4)9-14(13)11(3)17/h8-9,15-16H,5-7H2,1-4H3. The van der Waals surface area contributed by atoms with E-state index in [-0.39, 0.29) is 5.78 Å². The van der Waals surface area contributed by atoms with E-state index in [2.05, 4.69) is 30.5 Å². The van der Waals surface area contributed by atoms with E-state index in [0.29, 0.717) is 0 Å². The van der Waals surface area contributed by atoms with Crippen molar-refractivity contribution in [3.05, 3.63) is 28.8 Å². The predicted molar refractivity (Wildman–Crippen MR) is 73.0 cm³/mol. The molecular formula is C14H22N2O. The van der Waals surface area contributed by atoms with E-state index in [9.17, 15) is 4.79 Å². The second kappa shape index (κ2) is 6.40. The van der Waals surface area contributed by atoms with Crippen molar-refractivity contribution in [1.82, 2.24) is 5.32 Å². The lowest BCUT2D eigenvalue weighted by Crippen LogP contribution is -2.18. The fourth-order valence-corrected chi connectivity index (χ4v) is 2.03. The molecule has 0 aliphatic heterocycles. The SMILES string of the molecule is CCc1c(C)cc(NCCNC)cc1C(C)=O. The number of nitrogens with one attached hydrogen (secondary N) is 2. The van der Waals surface area contributed by atoms with E-state index in [1.54, 1.807) is 6.92 Å².